The molecule has 0 bridgehead atoms. The van der Waals surface area contributed by atoms with E-state index in [9.17, 15) is 9.59 Å². The molecule has 1 rings (SSSR count). The maximum Gasteiger partial charge on any atom is 0.317 e. The number of amides is 3. The van der Waals surface area contributed by atoms with Crippen LogP contribution < -0.4 is 10.6 Å². The minimum absolute atomic E-state index is 0.0198. The number of nitrogens with zero attached hydrogens (tertiary/aromatic N) is 3. The zero-order valence-corrected chi connectivity index (χ0v) is 18.3. The van der Waals surface area contributed by atoms with Crippen LogP contribution in [0.3, 0.4) is 0 Å². The lowest BCUT2D eigenvalue weighted by molar-refractivity contribution is -0.116. The van der Waals surface area contributed by atoms with Crippen LogP contribution in [0.2, 0.25) is 0 Å². The molecule has 7 heteroatoms. The topological polar surface area (TPSA) is 79.3 Å². The average molecular weight is 380 g/mol. The number of hydrogen-bond acceptors (Lipinski definition) is 3. The Kier molecular flexibility index (Phi) is 7.87. The van der Waals surface area contributed by atoms with Gasteiger partial charge in [-0.2, -0.15) is 5.10 Å². The largest absolute Gasteiger partial charge is 0.338 e. The molecule has 0 aliphatic heterocycles. The van der Waals surface area contributed by atoms with Crippen molar-refractivity contribution in [2.45, 2.75) is 79.2 Å². The van der Waals surface area contributed by atoms with Gasteiger partial charge in [0.15, 0.2) is 0 Å². The van der Waals surface area contributed by atoms with Gasteiger partial charge in [-0.3, -0.25) is 4.79 Å². The number of unbranched alkanes of at least 4 members (excludes halogenated alkanes) is 1. The summed E-state index contributed by atoms with van der Waals surface area (Å²) >= 11 is 0. The van der Waals surface area contributed by atoms with Gasteiger partial charge in [0, 0.05) is 24.6 Å². The van der Waals surface area contributed by atoms with Crippen LogP contribution in [0.4, 0.5) is 10.6 Å². The third-order valence-corrected chi connectivity index (χ3v) is 4.11. The zero-order valence-electron chi connectivity index (χ0n) is 18.3. The number of rotatable bonds is 7. The molecule has 2 N–H and O–H groups in total. The second-order valence-electron chi connectivity index (χ2n) is 8.91. The number of nitrogens with one attached hydrogen (secondary N) is 2. The van der Waals surface area contributed by atoms with E-state index in [4.69, 9.17) is 5.10 Å². The Hall–Kier alpha value is -2.05. The fourth-order valence-electron chi connectivity index (χ4n) is 2.57. The molecule has 0 atom stereocenters. The van der Waals surface area contributed by atoms with E-state index < -0.39 is 0 Å². The molecule has 0 spiro atoms. The first-order valence-electron chi connectivity index (χ1n) is 9.83. The second kappa shape index (κ2) is 9.24. The average Bonchev–Trinajstić information content (AvgIpc) is 2.95. The van der Waals surface area contributed by atoms with E-state index in [1.54, 1.807) is 4.90 Å². The molecule has 3 amide bonds. The summed E-state index contributed by atoms with van der Waals surface area (Å²) in [6, 6.07) is 1.71. The number of anilines is 1. The van der Waals surface area contributed by atoms with Gasteiger partial charge in [-0.25, -0.2) is 9.48 Å². The highest BCUT2D eigenvalue weighted by molar-refractivity contribution is 5.93. The van der Waals surface area contributed by atoms with Gasteiger partial charge in [-0.15, -0.1) is 0 Å². The Morgan fingerprint density at radius 1 is 1.15 bits per heavy atom. The fourth-order valence-corrected chi connectivity index (χ4v) is 2.57. The number of carbonyl (C=O) groups excluding carboxylic acids is 2. The summed E-state index contributed by atoms with van der Waals surface area (Å²) in [6.07, 6.45) is 1.82. The van der Waals surface area contributed by atoms with Crippen LogP contribution in [-0.2, 0) is 15.7 Å². The minimum atomic E-state index is -0.270. The first-order chi connectivity index (χ1) is 12.4. The van der Waals surface area contributed by atoms with Gasteiger partial charge in [0.2, 0.25) is 5.91 Å². The van der Waals surface area contributed by atoms with Crippen LogP contribution in [0.1, 0.15) is 73.9 Å². The summed E-state index contributed by atoms with van der Waals surface area (Å²) < 4.78 is 1.84. The predicted octanol–water partition coefficient (Wildman–Crippen LogP) is 3.71. The van der Waals surface area contributed by atoms with E-state index in [0.29, 0.717) is 18.9 Å². The molecule has 27 heavy (non-hydrogen) atoms. The molecule has 1 aromatic heterocycles. The normalized spacial score (nSPS) is 12.0. The van der Waals surface area contributed by atoms with E-state index in [1.807, 2.05) is 38.4 Å². The molecule has 0 radical (unpaired) electrons. The van der Waals surface area contributed by atoms with Crippen LogP contribution in [0, 0.1) is 0 Å². The van der Waals surface area contributed by atoms with Gasteiger partial charge < -0.3 is 15.5 Å². The highest BCUT2D eigenvalue weighted by atomic mass is 16.2. The smallest absolute Gasteiger partial charge is 0.317 e. The van der Waals surface area contributed by atoms with Gasteiger partial charge in [0.1, 0.15) is 12.4 Å². The van der Waals surface area contributed by atoms with E-state index >= 15 is 0 Å². The highest BCUT2D eigenvalue weighted by Crippen LogP contribution is 2.28. The Bertz CT molecular complexity index is 638. The van der Waals surface area contributed by atoms with Crippen molar-refractivity contribution in [1.82, 2.24) is 20.0 Å². The van der Waals surface area contributed by atoms with Gasteiger partial charge >= 0.3 is 6.03 Å². The van der Waals surface area contributed by atoms with Gasteiger partial charge in [0.25, 0.3) is 0 Å². The Morgan fingerprint density at radius 3 is 2.26 bits per heavy atom. The molecule has 0 fully saturated rings. The van der Waals surface area contributed by atoms with Crippen LogP contribution in [0.15, 0.2) is 6.07 Å². The van der Waals surface area contributed by atoms with Crippen molar-refractivity contribution in [2.24, 2.45) is 0 Å². The lowest BCUT2D eigenvalue weighted by Crippen LogP contribution is -2.44. The van der Waals surface area contributed by atoms with Crippen molar-refractivity contribution in [1.29, 1.82) is 0 Å². The van der Waals surface area contributed by atoms with E-state index in [-0.39, 0.29) is 29.4 Å². The van der Waals surface area contributed by atoms with E-state index in [0.717, 1.165) is 18.5 Å². The van der Waals surface area contributed by atoms with Gasteiger partial charge in [0.05, 0.1) is 11.2 Å². The molecule has 0 aliphatic rings. The van der Waals surface area contributed by atoms with E-state index in [2.05, 4.69) is 38.3 Å². The molecule has 0 aromatic carbocycles. The van der Waals surface area contributed by atoms with Crippen molar-refractivity contribution >= 4 is 17.8 Å². The lowest BCUT2D eigenvalue weighted by atomic mass is 9.92. The molecular formula is C20H37N5O2. The van der Waals surface area contributed by atoms with Crippen LogP contribution >= 0.6 is 0 Å². The van der Waals surface area contributed by atoms with Gasteiger partial charge in [-0.1, -0.05) is 34.1 Å². The molecule has 0 saturated carbocycles. The number of aromatic nitrogens is 2. The Labute approximate surface area is 163 Å². The Morgan fingerprint density at radius 2 is 1.78 bits per heavy atom. The summed E-state index contributed by atoms with van der Waals surface area (Å²) in [5.41, 5.74) is 0.525. The molecule has 0 saturated heterocycles. The summed E-state index contributed by atoms with van der Waals surface area (Å²) in [4.78, 5) is 26.4. The molecule has 1 aromatic rings. The maximum atomic E-state index is 12.7. The first-order valence-corrected chi connectivity index (χ1v) is 9.83. The summed E-state index contributed by atoms with van der Waals surface area (Å²) in [7, 11) is 0. The SMILES string of the molecule is CCCCN(CC(=O)Nc1cc(C(C)(C)C)nn1C(C)(C)C)C(=O)NCC. The first kappa shape index (κ1) is 23.0. The summed E-state index contributed by atoms with van der Waals surface area (Å²) in [6.45, 7) is 17.5. The second-order valence-corrected chi connectivity index (χ2v) is 8.91. The summed E-state index contributed by atoms with van der Waals surface area (Å²) in [5.74, 6) is 0.437. The Balaban J connectivity index is 2.99. The third-order valence-electron chi connectivity index (χ3n) is 4.11. The van der Waals surface area contributed by atoms with Crippen LogP contribution in [0.5, 0.6) is 0 Å². The van der Waals surface area contributed by atoms with Gasteiger partial charge in [-0.05, 0) is 34.1 Å². The number of urea groups is 1. The molecule has 1 heterocycles. The molecule has 0 aliphatic carbocycles. The fraction of sp³-hybridized carbons (Fsp3) is 0.750. The van der Waals surface area contributed by atoms with Crippen molar-refractivity contribution in [3.63, 3.8) is 0 Å². The number of carbonyl (C=O) groups is 2. The number of hydrogen-bond donors (Lipinski definition) is 2. The molecular weight excluding hydrogens is 342 g/mol. The van der Waals surface area contributed by atoms with Crippen LogP contribution in [-0.4, -0.2) is 46.3 Å². The molecule has 154 valence electrons. The molecule has 0 unspecified atom stereocenters. The minimum Gasteiger partial charge on any atom is -0.338 e. The summed E-state index contributed by atoms with van der Waals surface area (Å²) in [5, 5.41) is 10.4. The van der Waals surface area contributed by atoms with Crippen molar-refractivity contribution in [3.05, 3.63) is 11.8 Å². The van der Waals surface area contributed by atoms with Crippen LogP contribution in [0.25, 0.3) is 0 Å². The van der Waals surface area contributed by atoms with Crippen molar-refractivity contribution in [2.75, 3.05) is 25.0 Å². The quantitative estimate of drug-likeness (QED) is 0.758. The predicted molar refractivity (Wildman–Crippen MR) is 110 cm³/mol. The zero-order chi connectivity index (χ0) is 20.8. The maximum absolute atomic E-state index is 12.7. The lowest BCUT2D eigenvalue weighted by Gasteiger charge is -2.24. The van der Waals surface area contributed by atoms with E-state index in [1.165, 1.54) is 0 Å². The molecule has 7 nitrogen and oxygen atoms in total. The monoisotopic (exact) mass is 379 g/mol. The van der Waals surface area contributed by atoms with Crippen molar-refractivity contribution < 1.29 is 9.59 Å². The van der Waals surface area contributed by atoms with Crippen molar-refractivity contribution in [3.8, 4) is 0 Å². The highest BCUT2D eigenvalue weighted by Gasteiger charge is 2.26. The third kappa shape index (κ3) is 6.88. The standard InChI is InChI=1S/C20H37N5O2/c1-9-11-12-24(18(27)21-10-2)14-17(26)22-16-13-15(19(3,4)5)23-25(16)20(6,7)8/h13H,9-12,14H2,1-8H3,(H,21,27)(H,22,26).